The van der Waals surface area contributed by atoms with Crippen molar-refractivity contribution in [3.63, 3.8) is 0 Å². The number of hydrogen-bond acceptors (Lipinski definition) is 5. The van der Waals surface area contributed by atoms with Crippen LogP contribution < -0.4 is 19.5 Å². The van der Waals surface area contributed by atoms with E-state index in [0.29, 0.717) is 28.4 Å². The molecule has 1 saturated heterocycles. The molecule has 2 atom stereocenters. The molecule has 0 aromatic heterocycles. The fraction of sp³-hybridized carbons (Fsp3) is 0.286. The van der Waals surface area contributed by atoms with Gasteiger partial charge in [-0.1, -0.05) is 24.3 Å². The van der Waals surface area contributed by atoms with Crippen LogP contribution in [0.15, 0.2) is 66.7 Å². The van der Waals surface area contributed by atoms with Crippen LogP contribution in [0.2, 0.25) is 0 Å². The van der Waals surface area contributed by atoms with Gasteiger partial charge in [-0.05, 0) is 53.6 Å². The fourth-order valence-corrected chi connectivity index (χ4v) is 4.81. The van der Waals surface area contributed by atoms with Crippen LogP contribution >= 0.6 is 0 Å². The zero-order chi connectivity index (χ0) is 26.9. The number of alkyl halides is 3. The molecule has 3 aromatic carbocycles. The third-order valence-electron chi connectivity index (χ3n) is 6.83. The summed E-state index contributed by atoms with van der Waals surface area (Å²) in [5.74, 6) is -0.230. The Labute approximate surface area is 217 Å². The minimum Gasteiger partial charge on any atom is -0.497 e. The van der Waals surface area contributed by atoms with Gasteiger partial charge < -0.3 is 24.4 Å². The maximum atomic E-state index is 13.4. The lowest BCUT2D eigenvalue weighted by molar-refractivity contribution is -0.137. The normalized spacial score (nSPS) is 18.4. The van der Waals surface area contributed by atoms with Crippen molar-refractivity contribution < 1.29 is 37.0 Å². The van der Waals surface area contributed by atoms with Crippen molar-refractivity contribution in [1.29, 1.82) is 0 Å². The number of ether oxygens (including phenoxy) is 3. The molecule has 0 bridgehead atoms. The predicted molar refractivity (Wildman–Crippen MR) is 131 cm³/mol. The third-order valence-corrected chi connectivity index (χ3v) is 6.83. The summed E-state index contributed by atoms with van der Waals surface area (Å²) in [6, 6.07) is 16.8. The second-order valence-corrected chi connectivity index (χ2v) is 9.18. The maximum Gasteiger partial charge on any atom is 0.416 e. The summed E-state index contributed by atoms with van der Waals surface area (Å²) in [7, 11) is 1.52. The number of likely N-dealkylation sites (tertiary alicyclic amines) is 1. The number of carbonyl (C=O) groups excluding carboxylic acids is 2. The number of methoxy groups -OCH3 is 1. The highest BCUT2D eigenvalue weighted by molar-refractivity contribution is 5.95. The Morgan fingerprint density at radius 3 is 2.50 bits per heavy atom. The lowest BCUT2D eigenvalue weighted by atomic mass is 9.87. The number of hydrogen-bond donors (Lipinski definition) is 1. The number of nitrogens with zero attached hydrogens (tertiary/aromatic N) is 1. The Kier molecular flexibility index (Phi) is 6.88. The zero-order valence-corrected chi connectivity index (χ0v) is 20.5. The standard InChI is InChI=1S/C28H25F3N2O5/c1-36-21-8-6-18(7-9-21)27(35)33-14-22(19-3-2-4-20(12-19)28(29,30)31)23(15-33)26(34)32-13-17-5-10-24-25(11-17)38-16-37-24/h2-12,22-23H,13-16H2,1H3,(H,32,34)/t22-,23+/m1/s1. The number of carbonyl (C=O) groups is 2. The molecule has 2 amide bonds. The van der Waals surface area contributed by atoms with Gasteiger partial charge in [0.1, 0.15) is 5.75 Å². The van der Waals surface area contributed by atoms with E-state index in [1.807, 2.05) is 0 Å². The Balaban J connectivity index is 1.37. The highest BCUT2D eigenvalue weighted by Crippen LogP contribution is 2.37. The molecule has 2 heterocycles. The number of rotatable bonds is 6. The molecule has 2 aliphatic heterocycles. The Bertz CT molecular complexity index is 1340. The van der Waals surface area contributed by atoms with Crippen molar-refractivity contribution in [2.75, 3.05) is 27.0 Å². The number of nitrogens with one attached hydrogen (secondary N) is 1. The van der Waals surface area contributed by atoms with E-state index in [1.165, 1.54) is 18.1 Å². The zero-order valence-electron chi connectivity index (χ0n) is 20.5. The number of halogens is 3. The molecule has 0 radical (unpaired) electrons. The molecule has 38 heavy (non-hydrogen) atoms. The topological polar surface area (TPSA) is 77.1 Å². The van der Waals surface area contributed by atoms with Crippen molar-refractivity contribution in [2.24, 2.45) is 5.92 Å². The van der Waals surface area contributed by atoms with Crippen LogP contribution in [0.1, 0.15) is 33.0 Å². The molecule has 0 saturated carbocycles. The number of amides is 2. The summed E-state index contributed by atoms with van der Waals surface area (Å²) >= 11 is 0. The third kappa shape index (κ3) is 5.25. The smallest absolute Gasteiger partial charge is 0.416 e. The first-order chi connectivity index (χ1) is 18.2. The predicted octanol–water partition coefficient (Wildman–Crippen LogP) is 4.61. The van der Waals surface area contributed by atoms with E-state index in [0.717, 1.165) is 17.7 Å². The van der Waals surface area contributed by atoms with E-state index in [-0.39, 0.29) is 38.2 Å². The lowest BCUT2D eigenvalue weighted by Crippen LogP contribution is -2.35. The SMILES string of the molecule is COc1ccc(C(=O)N2C[C@H](C(=O)NCc3ccc4c(c3)OCO4)[C@@H](c3cccc(C(F)(F)F)c3)C2)cc1. The average Bonchev–Trinajstić information content (AvgIpc) is 3.58. The average molecular weight is 527 g/mol. The molecule has 198 valence electrons. The number of fused-ring (bicyclic) bond motifs is 1. The van der Waals surface area contributed by atoms with E-state index in [2.05, 4.69) is 5.32 Å². The molecule has 1 fully saturated rings. The Hall–Kier alpha value is -4.21. The molecule has 2 aliphatic rings. The summed E-state index contributed by atoms with van der Waals surface area (Å²) in [5, 5.41) is 2.88. The molecule has 7 nitrogen and oxygen atoms in total. The van der Waals surface area contributed by atoms with Crippen molar-refractivity contribution in [3.05, 3.63) is 89.0 Å². The van der Waals surface area contributed by atoms with Crippen LogP contribution in [0, 0.1) is 5.92 Å². The van der Waals surface area contributed by atoms with Gasteiger partial charge in [0.2, 0.25) is 12.7 Å². The van der Waals surface area contributed by atoms with E-state index in [1.54, 1.807) is 48.5 Å². The van der Waals surface area contributed by atoms with E-state index < -0.39 is 23.6 Å². The van der Waals surface area contributed by atoms with Gasteiger partial charge in [-0.3, -0.25) is 9.59 Å². The first-order valence-corrected chi connectivity index (χ1v) is 12.0. The van der Waals surface area contributed by atoms with Gasteiger partial charge in [0.05, 0.1) is 18.6 Å². The van der Waals surface area contributed by atoms with Gasteiger partial charge >= 0.3 is 6.18 Å². The van der Waals surface area contributed by atoms with Crippen LogP contribution in [-0.2, 0) is 17.5 Å². The highest BCUT2D eigenvalue weighted by Gasteiger charge is 2.41. The molecule has 0 unspecified atom stereocenters. The molecule has 10 heteroatoms. The second kappa shape index (κ2) is 10.3. The van der Waals surface area contributed by atoms with Crippen molar-refractivity contribution in [1.82, 2.24) is 10.2 Å². The molecular weight excluding hydrogens is 501 g/mol. The summed E-state index contributed by atoms with van der Waals surface area (Å²) in [6.07, 6.45) is -4.52. The molecule has 5 rings (SSSR count). The largest absolute Gasteiger partial charge is 0.497 e. The van der Waals surface area contributed by atoms with Gasteiger partial charge in [-0.25, -0.2) is 0 Å². The molecule has 1 N–H and O–H groups in total. The maximum absolute atomic E-state index is 13.4. The van der Waals surface area contributed by atoms with E-state index >= 15 is 0 Å². The van der Waals surface area contributed by atoms with Crippen LogP contribution in [0.5, 0.6) is 17.2 Å². The molecular formula is C28H25F3N2O5. The number of benzene rings is 3. The van der Waals surface area contributed by atoms with E-state index in [9.17, 15) is 22.8 Å². The monoisotopic (exact) mass is 526 g/mol. The fourth-order valence-electron chi connectivity index (χ4n) is 4.81. The van der Waals surface area contributed by atoms with E-state index in [4.69, 9.17) is 14.2 Å². The summed E-state index contributed by atoms with van der Waals surface area (Å²) < 4.78 is 56.1. The van der Waals surface area contributed by atoms with Crippen molar-refractivity contribution in [3.8, 4) is 17.2 Å². The molecule has 3 aromatic rings. The Morgan fingerprint density at radius 2 is 1.76 bits per heavy atom. The van der Waals surface area contributed by atoms with Crippen LogP contribution in [0.4, 0.5) is 13.2 Å². The van der Waals surface area contributed by atoms with Gasteiger partial charge in [-0.2, -0.15) is 13.2 Å². The molecule has 0 spiro atoms. The van der Waals surface area contributed by atoms with Gasteiger partial charge in [-0.15, -0.1) is 0 Å². The Morgan fingerprint density at radius 1 is 1.00 bits per heavy atom. The van der Waals surface area contributed by atoms with Crippen LogP contribution in [0.25, 0.3) is 0 Å². The summed E-state index contributed by atoms with van der Waals surface area (Å²) in [6.45, 7) is 0.491. The highest BCUT2D eigenvalue weighted by atomic mass is 19.4. The van der Waals surface area contributed by atoms with Crippen LogP contribution in [-0.4, -0.2) is 43.7 Å². The van der Waals surface area contributed by atoms with Gasteiger partial charge in [0, 0.05) is 31.1 Å². The summed E-state index contributed by atoms with van der Waals surface area (Å²) in [5.41, 5.74) is 0.736. The van der Waals surface area contributed by atoms with Gasteiger partial charge in [0.15, 0.2) is 11.5 Å². The molecule has 0 aliphatic carbocycles. The minimum absolute atomic E-state index is 0.0682. The quantitative estimate of drug-likeness (QED) is 0.508. The first kappa shape index (κ1) is 25.4. The second-order valence-electron chi connectivity index (χ2n) is 9.18. The van der Waals surface area contributed by atoms with Crippen molar-refractivity contribution in [2.45, 2.75) is 18.6 Å². The van der Waals surface area contributed by atoms with Crippen LogP contribution in [0.3, 0.4) is 0 Å². The minimum atomic E-state index is -4.52. The van der Waals surface area contributed by atoms with Gasteiger partial charge in [0.25, 0.3) is 5.91 Å². The first-order valence-electron chi connectivity index (χ1n) is 12.0. The lowest BCUT2D eigenvalue weighted by Gasteiger charge is -2.19. The van der Waals surface area contributed by atoms with Crippen molar-refractivity contribution >= 4 is 11.8 Å². The summed E-state index contributed by atoms with van der Waals surface area (Å²) in [4.78, 5) is 28.1.